The average Bonchev–Trinajstić information content (AvgIpc) is 2.56. The monoisotopic (exact) mass is 416 g/mol. The first-order valence-corrected chi connectivity index (χ1v) is 10.1. The molecule has 1 atom stereocenters. The van der Waals surface area contributed by atoms with Crippen molar-refractivity contribution in [2.24, 2.45) is 5.92 Å². The van der Waals surface area contributed by atoms with Crippen molar-refractivity contribution in [2.45, 2.75) is 51.2 Å². The molecule has 0 aliphatic carbocycles. The summed E-state index contributed by atoms with van der Waals surface area (Å²) >= 11 is 7.91. The number of halogens is 1. The van der Waals surface area contributed by atoms with Crippen molar-refractivity contribution in [2.75, 3.05) is 24.7 Å². The maximum absolute atomic E-state index is 12.1. The fraction of sp³-hybridized carbons (Fsp3) is 0.579. The zero-order valence-corrected chi connectivity index (χ0v) is 18.3. The molecule has 152 valence electrons. The van der Waals surface area contributed by atoms with E-state index in [1.165, 1.54) is 7.11 Å². The van der Waals surface area contributed by atoms with E-state index >= 15 is 0 Å². The highest BCUT2D eigenvalue weighted by atomic mass is 35.5. The third-order valence-electron chi connectivity index (χ3n) is 3.18. The van der Waals surface area contributed by atoms with Crippen LogP contribution in [0.25, 0.3) is 0 Å². The molecule has 1 amide bonds. The lowest BCUT2D eigenvalue weighted by molar-refractivity contribution is -0.141. The number of hydrogen-bond donors (Lipinski definition) is 2. The van der Waals surface area contributed by atoms with Crippen molar-refractivity contribution in [3.63, 3.8) is 0 Å². The van der Waals surface area contributed by atoms with Gasteiger partial charge in [0.15, 0.2) is 0 Å². The summed E-state index contributed by atoms with van der Waals surface area (Å²) in [6.07, 6.45) is -0.595. The standard InChI is InChI=1S/C19H29ClN2O4S/c1-12(2)11-27-16-9-13(7-8-14(16)20)22-15(17(23)25-6)10-21-18(24)26-19(3,4)5/h7-9,12,15,22H,10-11H2,1-6H3,(H,21,24). The Labute approximate surface area is 170 Å². The van der Waals surface area contributed by atoms with Crippen molar-refractivity contribution >= 4 is 41.1 Å². The van der Waals surface area contributed by atoms with Crippen molar-refractivity contribution < 1.29 is 19.1 Å². The normalized spacial score (nSPS) is 12.4. The summed E-state index contributed by atoms with van der Waals surface area (Å²) in [6.45, 7) is 9.61. The molecule has 0 radical (unpaired) electrons. The Hall–Kier alpha value is -1.60. The van der Waals surface area contributed by atoms with Crippen LogP contribution in [0.4, 0.5) is 10.5 Å². The number of alkyl carbamates (subject to hydrolysis) is 1. The highest BCUT2D eigenvalue weighted by Gasteiger charge is 2.22. The minimum Gasteiger partial charge on any atom is -0.467 e. The lowest BCUT2D eigenvalue weighted by Gasteiger charge is -2.22. The van der Waals surface area contributed by atoms with Gasteiger partial charge in [-0.25, -0.2) is 9.59 Å². The summed E-state index contributed by atoms with van der Waals surface area (Å²) in [6, 6.07) is 4.69. The molecule has 8 heteroatoms. The average molecular weight is 417 g/mol. The molecule has 1 aromatic carbocycles. The van der Waals surface area contributed by atoms with Crippen molar-refractivity contribution in [1.29, 1.82) is 0 Å². The number of amides is 1. The molecule has 2 N–H and O–H groups in total. The summed E-state index contributed by atoms with van der Waals surface area (Å²) < 4.78 is 10.0. The van der Waals surface area contributed by atoms with E-state index in [1.807, 2.05) is 6.07 Å². The van der Waals surface area contributed by atoms with Gasteiger partial charge >= 0.3 is 12.1 Å². The number of rotatable bonds is 8. The van der Waals surface area contributed by atoms with E-state index in [2.05, 4.69) is 24.5 Å². The third-order valence-corrected chi connectivity index (χ3v) is 5.10. The van der Waals surface area contributed by atoms with Gasteiger partial charge in [-0.1, -0.05) is 25.4 Å². The molecule has 0 spiro atoms. The molecule has 0 fully saturated rings. The molecule has 0 aliphatic rings. The molecule has 0 bridgehead atoms. The topological polar surface area (TPSA) is 76.7 Å². The molecular weight excluding hydrogens is 388 g/mol. The SMILES string of the molecule is COC(=O)C(CNC(=O)OC(C)(C)C)Nc1ccc(Cl)c(SCC(C)C)c1. The van der Waals surface area contributed by atoms with Gasteiger partial charge in [0.25, 0.3) is 0 Å². The predicted molar refractivity (Wildman–Crippen MR) is 111 cm³/mol. The molecule has 0 saturated carbocycles. The molecular formula is C19H29ClN2O4S. The largest absolute Gasteiger partial charge is 0.467 e. The lowest BCUT2D eigenvalue weighted by atomic mass is 10.2. The van der Waals surface area contributed by atoms with E-state index in [-0.39, 0.29) is 6.54 Å². The van der Waals surface area contributed by atoms with Gasteiger partial charge in [-0.2, -0.15) is 0 Å². The third kappa shape index (κ3) is 9.24. The molecule has 1 rings (SSSR count). The molecule has 0 aliphatic heterocycles. The Bertz CT molecular complexity index is 647. The van der Waals surface area contributed by atoms with Crippen LogP contribution >= 0.6 is 23.4 Å². The van der Waals surface area contributed by atoms with Gasteiger partial charge in [0, 0.05) is 16.3 Å². The second-order valence-electron chi connectivity index (χ2n) is 7.45. The number of benzene rings is 1. The number of esters is 1. The zero-order chi connectivity index (χ0) is 20.6. The van der Waals surface area contributed by atoms with Crippen LogP contribution in [0.2, 0.25) is 5.02 Å². The highest BCUT2D eigenvalue weighted by molar-refractivity contribution is 7.99. The molecule has 0 saturated heterocycles. The van der Waals surface area contributed by atoms with Crippen LogP contribution in [-0.4, -0.2) is 43.1 Å². The Balaban J connectivity index is 2.80. The number of methoxy groups -OCH3 is 1. The molecule has 27 heavy (non-hydrogen) atoms. The minimum absolute atomic E-state index is 0.0265. The highest BCUT2D eigenvalue weighted by Crippen LogP contribution is 2.31. The molecule has 1 aromatic rings. The van der Waals surface area contributed by atoms with Gasteiger partial charge in [0.1, 0.15) is 11.6 Å². The van der Waals surface area contributed by atoms with Gasteiger partial charge in [0.05, 0.1) is 18.7 Å². The van der Waals surface area contributed by atoms with Crippen molar-refractivity contribution in [3.05, 3.63) is 23.2 Å². The van der Waals surface area contributed by atoms with E-state index in [0.29, 0.717) is 16.6 Å². The summed E-state index contributed by atoms with van der Waals surface area (Å²) in [5.74, 6) is 0.977. The Kier molecular flexibility index (Phi) is 9.26. The smallest absolute Gasteiger partial charge is 0.407 e. The van der Waals surface area contributed by atoms with E-state index in [9.17, 15) is 9.59 Å². The first kappa shape index (κ1) is 23.4. The zero-order valence-electron chi connectivity index (χ0n) is 16.7. The van der Waals surface area contributed by atoms with E-state index in [0.717, 1.165) is 10.6 Å². The molecule has 6 nitrogen and oxygen atoms in total. The maximum Gasteiger partial charge on any atom is 0.407 e. The second kappa shape index (κ2) is 10.7. The van der Waals surface area contributed by atoms with E-state index < -0.39 is 23.7 Å². The lowest BCUT2D eigenvalue weighted by Crippen LogP contribution is -2.43. The molecule has 0 heterocycles. The Morgan fingerprint density at radius 2 is 1.93 bits per heavy atom. The fourth-order valence-electron chi connectivity index (χ4n) is 2.00. The second-order valence-corrected chi connectivity index (χ2v) is 8.92. The Morgan fingerprint density at radius 1 is 1.26 bits per heavy atom. The quantitative estimate of drug-likeness (QED) is 0.477. The summed E-state index contributed by atoms with van der Waals surface area (Å²) in [5, 5.41) is 6.33. The van der Waals surface area contributed by atoms with Crippen molar-refractivity contribution in [3.8, 4) is 0 Å². The fourth-order valence-corrected chi connectivity index (χ4v) is 3.21. The Morgan fingerprint density at radius 3 is 2.48 bits per heavy atom. The number of thioether (sulfide) groups is 1. The van der Waals surface area contributed by atoms with Crippen LogP contribution in [0.15, 0.2) is 23.1 Å². The summed E-state index contributed by atoms with van der Waals surface area (Å²) in [7, 11) is 1.30. The number of anilines is 1. The number of ether oxygens (including phenoxy) is 2. The first-order valence-electron chi connectivity index (χ1n) is 8.75. The van der Waals surface area contributed by atoms with Gasteiger partial charge in [-0.3, -0.25) is 0 Å². The first-order chi connectivity index (χ1) is 12.5. The van der Waals surface area contributed by atoms with Gasteiger partial charge < -0.3 is 20.1 Å². The van der Waals surface area contributed by atoms with E-state index in [1.54, 1.807) is 44.7 Å². The number of hydrogen-bond acceptors (Lipinski definition) is 6. The summed E-state index contributed by atoms with van der Waals surface area (Å²) in [4.78, 5) is 24.8. The van der Waals surface area contributed by atoms with E-state index in [4.69, 9.17) is 21.1 Å². The number of carbonyl (C=O) groups is 2. The molecule has 0 aromatic heterocycles. The molecule has 1 unspecified atom stereocenters. The van der Waals surface area contributed by atoms with Crippen LogP contribution < -0.4 is 10.6 Å². The van der Waals surface area contributed by atoms with Gasteiger partial charge in [0.2, 0.25) is 0 Å². The van der Waals surface area contributed by atoms with Crippen LogP contribution in [0, 0.1) is 5.92 Å². The number of nitrogens with one attached hydrogen (secondary N) is 2. The van der Waals surface area contributed by atoms with Crippen LogP contribution in [0.1, 0.15) is 34.6 Å². The predicted octanol–water partition coefficient (Wildman–Crippen LogP) is 4.57. The maximum atomic E-state index is 12.1. The minimum atomic E-state index is -0.758. The van der Waals surface area contributed by atoms with Crippen LogP contribution in [0.3, 0.4) is 0 Å². The summed E-state index contributed by atoms with van der Waals surface area (Å²) in [5.41, 5.74) is 0.101. The van der Waals surface area contributed by atoms with Crippen molar-refractivity contribution in [1.82, 2.24) is 5.32 Å². The number of carbonyl (C=O) groups excluding carboxylic acids is 2. The van der Waals surface area contributed by atoms with Crippen LogP contribution in [0.5, 0.6) is 0 Å². The van der Waals surface area contributed by atoms with Gasteiger partial charge in [-0.15, -0.1) is 11.8 Å². The van der Waals surface area contributed by atoms with Crippen LogP contribution in [-0.2, 0) is 14.3 Å². The van der Waals surface area contributed by atoms with Gasteiger partial charge in [-0.05, 0) is 44.9 Å².